The topological polar surface area (TPSA) is 151 Å². The number of Topliss-reactive ketones (excluding diaryl/α,β-unsaturated/α-hetero) is 1. The summed E-state index contributed by atoms with van der Waals surface area (Å²) in [6.45, 7) is 5.71. The number of aryl methyl sites for hydroxylation is 1. The van der Waals surface area contributed by atoms with E-state index in [1.165, 1.54) is 29.2 Å². The number of carbonyl (C=O) groups excluding carboxylic acids is 2. The first kappa shape index (κ1) is 28.0. The van der Waals surface area contributed by atoms with Crippen LogP contribution >= 0.6 is 39.0 Å². The van der Waals surface area contributed by atoms with Crippen molar-refractivity contribution in [2.75, 3.05) is 16.0 Å². The molecular formula is C26H23BrFN7O3S2. The number of carbonyl (C=O) groups is 2. The van der Waals surface area contributed by atoms with Crippen molar-refractivity contribution in [2.24, 2.45) is 11.1 Å². The van der Waals surface area contributed by atoms with Crippen LogP contribution in [0.5, 0.6) is 0 Å². The third-order valence-corrected chi connectivity index (χ3v) is 9.12. The van der Waals surface area contributed by atoms with E-state index in [4.69, 9.17) is 10.3 Å². The number of amides is 1. The molecule has 14 heteroatoms. The smallest absolute Gasteiger partial charge is 0.236 e. The van der Waals surface area contributed by atoms with E-state index in [1.807, 2.05) is 13.8 Å². The number of anilines is 2. The zero-order valence-electron chi connectivity index (χ0n) is 21.6. The van der Waals surface area contributed by atoms with Gasteiger partial charge in [0, 0.05) is 23.8 Å². The Kier molecular flexibility index (Phi) is 7.56. The van der Waals surface area contributed by atoms with Crippen molar-refractivity contribution < 1.29 is 18.5 Å². The normalized spacial score (nSPS) is 18.6. The van der Waals surface area contributed by atoms with Crippen LogP contribution < -0.4 is 16.0 Å². The number of nitrogens with one attached hydrogen (secondary N) is 1. The van der Waals surface area contributed by atoms with Crippen LogP contribution in [0, 0.1) is 29.5 Å². The summed E-state index contributed by atoms with van der Waals surface area (Å²) in [5, 5.41) is 25.5. The number of nitrogens with zero attached hydrogens (tertiary/aromatic N) is 5. The second kappa shape index (κ2) is 10.8. The molecule has 1 aliphatic heterocycles. The molecule has 1 unspecified atom stereocenters. The molecule has 10 nitrogen and oxygen atoms in total. The number of nitrogens with two attached hydrogens (primary N) is 1. The van der Waals surface area contributed by atoms with Gasteiger partial charge in [0.25, 0.3) is 0 Å². The fourth-order valence-corrected chi connectivity index (χ4v) is 6.91. The maximum absolute atomic E-state index is 14.1. The number of allylic oxidation sites excluding steroid dienone is 3. The van der Waals surface area contributed by atoms with Gasteiger partial charge < -0.3 is 15.6 Å². The quantitative estimate of drug-likeness (QED) is 0.334. The molecule has 3 aromatic rings. The minimum absolute atomic E-state index is 0.0519. The Balaban J connectivity index is 1.49. The zero-order valence-corrected chi connectivity index (χ0v) is 24.8. The van der Waals surface area contributed by atoms with E-state index in [0.717, 1.165) is 0 Å². The molecule has 1 aliphatic carbocycles. The van der Waals surface area contributed by atoms with Gasteiger partial charge in [0.05, 0.1) is 27.8 Å². The summed E-state index contributed by atoms with van der Waals surface area (Å²) in [5.74, 6) is -0.526. The number of thioether (sulfide) groups is 1. The van der Waals surface area contributed by atoms with Crippen LogP contribution in [0.2, 0.25) is 0 Å². The molecule has 0 radical (unpaired) electrons. The second-order valence-corrected chi connectivity index (χ2v) is 13.2. The molecule has 0 saturated heterocycles. The maximum atomic E-state index is 14.1. The lowest BCUT2D eigenvalue weighted by molar-refractivity contribution is -0.118. The number of hydrogen-bond donors (Lipinski definition) is 2. The lowest BCUT2D eigenvalue weighted by Gasteiger charge is -2.42. The lowest BCUT2D eigenvalue weighted by Crippen LogP contribution is -2.42. The molecule has 0 spiro atoms. The number of nitriles is 1. The Morgan fingerprint density at radius 1 is 1.38 bits per heavy atom. The highest BCUT2D eigenvalue weighted by Gasteiger charge is 2.45. The Hall–Kier alpha value is -3.54. The molecule has 0 bridgehead atoms. The van der Waals surface area contributed by atoms with E-state index in [0.29, 0.717) is 44.3 Å². The van der Waals surface area contributed by atoms with Crippen LogP contribution in [0.15, 0.2) is 60.3 Å². The summed E-state index contributed by atoms with van der Waals surface area (Å²) in [7, 11) is 0. The van der Waals surface area contributed by atoms with Crippen LogP contribution in [-0.4, -0.2) is 32.8 Å². The van der Waals surface area contributed by atoms with Gasteiger partial charge in [-0.15, -0.1) is 10.2 Å². The summed E-state index contributed by atoms with van der Waals surface area (Å²) in [6, 6.07) is 8.23. The third-order valence-electron chi connectivity index (χ3n) is 6.47. The van der Waals surface area contributed by atoms with Crippen LogP contribution in [0.3, 0.4) is 0 Å². The Morgan fingerprint density at radius 2 is 2.15 bits per heavy atom. The molecule has 1 aromatic carbocycles. The van der Waals surface area contributed by atoms with Crippen LogP contribution in [0.4, 0.5) is 15.3 Å². The van der Waals surface area contributed by atoms with Gasteiger partial charge in [-0.25, -0.2) is 4.39 Å². The van der Waals surface area contributed by atoms with Crippen molar-refractivity contribution in [1.29, 1.82) is 5.26 Å². The highest BCUT2D eigenvalue weighted by Crippen LogP contribution is 2.51. The standard InChI is InChI=1S/C26H23BrFN7O3S2/c1-12-6-19(34-38-12)31-20(37)11-39-25-33-32-24(40-25)35-17-8-26(2,3)9-18(36)22(17)21(14(10-29)23(35)30)13-4-5-16(28)15(27)7-13/h4-7,21H,8-9,11,30H2,1-3H3,(H,31,34,37). The maximum Gasteiger partial charge on any atom is 0.236 e. The summed E-state index contributed by atoms with van der Waals surface area (Å²) in [6.07, 6.45) is 0.780. The van der Waals surface area contributed by atoms with Crippen molar-refractivity contribution in [3.05, 3.63) is 68.5 Å². The number of benzene rings is 1. The highest BCUT2D eigenvalue weighted by atomic mass is 79.9. The Bertz CT molecular complexity index is 1640. The zero-order chi connectivity index (χ0) is 28.8. The van der Waals surface area contributed by atoms with E-state index >= 15 is 0 Å². The fraction of sp³-hybridized carbons (Fsp3) is 0.308. The Morgan fingerprint density at radius 3 is 2.83 bits per heavy atom. The third kappa shape index (κ3) is 5.41. The summed E-state index contributed by atoms with van der Waals surface area (Å²) in [4.78, 5) is 27.6. The number of hydrogen-bond acceptors (Lipinski definition) is 11. The summed E-state index contributed by atoms with van der Waals surface area (Å²) >= 11 is 5.59. The molecule has 0 saturated carbocycles. The molecule has 1 atom stereocenters. The average molecular weight is 645 g/mol. The predicted octanol–water partition coefficient (Wildman–Crippen LogP) is 5.41. The first-order valence-corrected chi connectivity index (χ1v) is 14.7. The number of aromatic nitrogens is 3. The van der Waals surface area contributed by atoms with Gasteiger partial charge in [0.15, 0.2) is 15.9 Å². The van der Waals surface area contributed by atoms with Gasteiger partial charge in [0.1, 0.15) is 17.4 Å². The summed E-state index contributed by atoms with van der Waals surface area (Å²) in [5.41, 5.74) is 8.07. The second-order valence-electron chi connectivity index (χ2n) is 10.2. The van der Waals surface area contributed by atoms with Crippen molar-refractivity contribution in [2.45, 2.75) is 43.9 Å². The molecule has 3 N–H and O–H groups in total. The molecule has 0 fully saturated rings. The van der Waals surface area contributed by atoms with Crippen LogP contribution in [-0.2, 0) is 9.59 Å². The minimum Gasteiger partial charge on any atom is -0.384 e. The van der Waals surface area contributed by atoms with E-state index in [-0.39, 0.29) is 45.1 Å². The monoisotopic (exact) mass is 643 g/mol. The molecule has 1 amide bonds. The van der Waals surface area contributed by atoms with Crippen LogP contribution in [0.25, 0.3) is 0 Å². The molecule has 206 valence electrons. The number of ketones is 1. The van der Waals surface area contributed by atoms with Gasteiger partial charge in [-0.2, -0.15) is 5.26 Å². The Labute approximate surface area is 245 Å². The summed E-state index contributed by atoms with van der Waals surface area (Å²) < 4.78 is 19.7. The van der Waals surface area contributed by atoms with Gasteiger partial charge in [-0.3, -0.25) is 14.5 Å². The first-order chi connectivity index (χ1) is 19.0. The molecule has 5 rings (SSSR count). The minimum atomic E-state index is -0.748. The first-order valence-electron chi connectivity index (χ1n) is 12.1. The van der Waals surface area contributed by atoms with E-state index in [1.54, 1.807) is 30.0 Å². The molecule has 3 heterocycles. The van der Waals surface area contributed by atoms with E-state index in [2.05, 4.69) is 42.7 Å². The van der Waals surface area contributed by atoms with Crippen molar-refractivity contribution >= 4 is 61.7 Å². The van der Waals surface area contributed by atoms with Crippen molar-refractivity contribution in [3.8, 4) is 6.07 Å². The number of rotatable bonds is 6. The van der Waals surface area contributed by atoms with Gasteiger partial charge in [0.2, 0.25) is 11.0 Å². The fourth-order valence-electron chi connectivity index (χ4n) is 4.84. The van der Waals surface area contributed by atoms with Gasteiger partial charge in [-0.05, 0) is 52.4 Å². The molecule has 2 aliphatic rings. The average Bonchev–Trinajstić information content (AvgIpc) is 3.51. The largest absolute Gasteiger partial charge is 0.384 e. The van der Waals surface area contributed by atoms with Crippen LogP contribution in [0.1, 0.15) is 43.9 Å². The van der Waals surface area contributed by atoms with Gasteiger partial charge >= 0.3 is 0 Å². The van der Waals surface area contributed by atoms with Gasteiger partial charge in [-0.1, -0.05) is 48.2 Å². The van der Waals surface area contributed by atoms with E-state index in [9.17, 15) is 19.2 Å². The number of halogens is 2. The molecular weight excluding hydrogens is 621 g/mol. The van der Waals surface area contributed by atoms with Crippen molar-refractivity contribution in [3.63, 3.8) is 0 Å². The lowest BCUT2D eigenvalue weighted by atomic mass is 9.69. The van der Waals surface area contributed by atoms with Crippen molar-refractivity contribution in [1.82, 2.24) is 15.4 Å². The molecule has 2 aromatic heterocycles. The molecule has 40 heavy (non-hydrogen) atoms. The highest BCUT2D eigenvalue weighted by molar-refractivity contribution is 9.10. The SMILES string of the molecule is Cc1cc(NC(=O)CSc2nnc(N3C(N)=C(C#N)C(c4ccc(F)c(Br)c4)C4=C3CC(C)(C)CC4=O)s2)no1. The predicted molar refractivity (Wildman–Crippen MR) is 152 cm³/mol. The van der Waals surface area contributed by atoms with E-state index < -0.39 is 11.7 Å².